The van der Waals surface area contributed by atoms with E-state index in [1.807, 2.05) is 0 Å². The lowest BCUT2D eigenvalue weighted by atomic mass is 10.1. The summed E-state index contributed by atoms with van der Waals surface area (Å²) in [5, 5.41) is 12.6. The van der Waals surface area contributed by atoms with E-state index in [9.17, 15) is 14.7 Å². The van der Waals surface area contributed by atoms with Crippen LogP contribution in [0, 0.1) is 5.92 Å². The predicted octanol–water partition coefficient (Wildman–Crippen LogP) is 3.47. The Morgan fingerprint density at radius 2 is 1.72 bits per heavy atom. The maximum Gasteiger partial charge on any atom is 0.337 e. The Hall–Kier alpha value is -3.02. The van der Waals surface area contributed by atoms with E-state index in [0.29, 0.717) is 23.8 Å². The molecule has 0 aromatic heterocycles. The summed E-state index contributed by atoms with van der Waals surface area (Å²) in [6.45, 7) is 4.71. The van der Waals surface area contributed by atoms with Crippen LogP contribution in [-0.4, -0.2) is 30.7 Å². The number of phenolic OH excluding ortho intramolecular Hbond substituents is 1. The first-order valence-electron chi connectivity index (χ1n) is 7.86. The zero-order chi connectivity index (χ0) is 18.4. The summed E-state index contributed by atoms with van der Waals surface area (Å²) in [5.41, 5.74) is 0.829. The van der Waals surface area contributed by atoms with E-state index >= 15 is 0 Å². The van der Waals surface area contributed by atoms with Crippen LogP contribution in [0.15, 0.2) is 42.5 Å². The van der Waals surface area contributed by atoms with Crippen LogP contribution in [0.5, 0.6) is 11.5 Å². The first-order valence-corrected chi connectivity index (χ1v) is 7.86. The van der Waals surface area contributed by atoms with E-state index in [2.05, 4.69) is 23.9 Å². The van der Waals surface area contributed by atoms with Crippen molar-refractivity contribution < 1.29 is 24.2 Å². The Labute approximate surface area is 146 Å². The summed E-state index contributed by atoms with van der Waals surface area (Å²) in [7, 11) is 1.25. The van der Waals surface area contributed by atoms with Crippen LogP contribution >= 0.6 is 0 Å². The number of ether oxygens (including phenoxy) is 2. The van der Waals surface area contributed by atoms with E-state index in [1.165, 1.54) is 25.3 Å². The highest BCUT2D eigenvalue weighted by atomic mass is 16.5. The van der Waals surface area contributed by atoms with E-state index < -0.39 is 5.97 Å². The molecule has 2 aromatic rings. The van der Waals surface area contributed by atoms with Crippen molar-refractivity contribution in [3.63, 3.8) is 0 Å². The van der Waals surface area contributed by atoms with E-state index in [0.717, 1.165) is 0 Å². The average Bonchev–Trinajstić information content (AvgIpc) is 2.61. The molecule has 0 saturated carbocycles. The van der Waals surface area contributed by atoms with Gasteiger partial charge in [0.1, 0.15) is 11.5 Å². The number of esters is 1. The zero-order valence-electron chi connectivity index (χ0n) is 14.4. The minimum atomic E-state index is -0.565. The Morgan fingerprint density at radius 1 is 1.08 bits per heavy atom. The lowest BCUT2D eigenvalue weighted by Gasteiger charge is -2.10. The Balaban J connectivity index is 2.05. The summed E-state index contributed by atoms with van der Waals surface area (Å²) >= 11 is 0. The van der Waals surface area contributed by atoms with Crippen molar-refractivity contribution >= 4 is 17.6 Å². The number of phenols is 1. The van der Waals surface area contributed by atoms with Gasteiger partial charge in [-0.25, -0.2) is 4.79 Å². The van der Waals surface area contributed by atoms with Crippen LogP contribution in [0.3, 0.4) is 0 Å². The summed E-state index contributed by atoms with van der Waals surface area (Å²) < 4.78 is 10.1. The van der Waals surface area contributed by atoms with Gasteiger partial charge in [0.15, 0.2) is 0 Å². The number of anilines is 1. The van der Waals surface area contributed by atoms with Crippen molar-refractivity contribution in [2.75, 3.05) is 19.0 Å². The highest BCUT2D eigenvalue weighted by molar-refractivity contribution is 6.05. The van der Waals surface area contributed by atoms with Gasteiger partial charge in [-0.2, -0.15) is 0 Å². The number of hydrogen-bond donors (Lipinski definition) is 2. The SMILES string of the molecule is COC(=O)c1ccc(NC(=O)c2ccc(OCC(C)C)cc2)c(O)c1. The van der Waals surface area contributed by atoms with E-state index in [1.54, 1.807) is 24.3 Å². The zero-order valence-corrected chi connectivity index (χ0v) is 14.4. The van der Waals surface area contributed by atoms with Crippen molar-refractivity contribution in [1.29, 1.82) is 0 Å². The molecule has 0 saturated heterocycles. The summed E-state index contributed by atoms with van der Waals surface area (Å²) in [4.78, 5) is 23.7. The second-order valence-electron chi connectivity index (χ2n) is 5.91. The minimum Gasteiger partial charge on any atom is -0.506 e. The fraction of sp³-hybridized carbons (Fsp3) is 0.263. The van der Waals surface area contributed by atoms with Crippen molar-refractivity contribution in [3.05, 3.63) is 53.6 Å². The molecule has 6 nitrogen and oxygen atoms in total. The monoisotopic (exact) mass is 343 g/mol. The van der Waals surface area contributed by atoms with Crippen LogP contribution in [0.4, 0.5) is 5.69 Å². The molecule has 132 valence electrons. The number of aromatic hydroxyl groups is 1. The van der Waals surface area contributed by atoms with Crippen molar-refractivity contribution in [3.8, 4) is 11.5 Å². The van der Waals surface area contributed by atoms with E-state index in [-0.39, 0.29) is 22.9 Å². The van der Waals surface area contributed by atoms with Gasteiger partial charge in [-0.1, -0.05) is 13.8 Å². The number of methoxy groups -OCH3 is 1. The predicted molar refractivity (Wildman–Crippen MR) is 94.2 cm³/mol. The van der Waals surface area contributed by atoms with Gasteiger partial charge in [0.05, 0.1) is 25.0 Å². The Bertz CT molecular complexity index is 753. The van der Waals surface area contributed by atoms with Gasteiger partial charge in [-0.3, -0.25) is 4.79 Å². The molecule has 0 atom stereocenters. The quantitative estimate of drug-likeness (QED) is 0.620. The van der Waals surface area contributed by atoms with Gasteiger partial charge >= 0.3 is 5.97 Å². The number of benzene rings is 2. The van der Waals surface area contributed by atoms with Crippen LogP contribution in [0.1, 0.15) is 34.6 Å². The van der Waals surface area contributed by atoms with Gasteiger partial charge in [-0.15, -0.1) is 0 Å². The molecule has 2 aromatic carbocycles. The van der Waals surface area contributed by atoms with Gasteiger partial charge in [0.2, 0.25) is 0 Å². The summed E-state index contributed by atoms with van der Waals surface area (Å²) in [5.74, 6) is -0.0516. The van der Waals surface area contributed by atoms with Crippen LogP contribution in [0.25, 0.3) is 0 Å². The third kappa shape index (κ3) is 4.97. The summed E-state index contributed by atoms with van der Waals surface area (Å²) in [6.07, 6.45) is 0. The highest BCUT2D eigenvalue weighted by Crippen LogP contribution is 2.25. The van der Waals surface area contributed by atoms with Gasteiger partial charge in [-0.05, 0) is 48.4 Å². The van der Waals surface area contributed by atoms with Crippen molar-refractivity contribution in [2.24, 2.45) is 5.92 Å². The molecule has 0 aliphatic heterocycles. The molecule has 0 heterocycles. The van der Waals surface area contributed by atoms with Gasteiger partial charge < -0.3 is 19.9 Å². The Kier molecular flexibility index (Phi) is 6.00. The first-order chi connectivity index (χ1) is 11.9. The number of hydrogen-bond acceptors (Lipinski definition) is 5. The number of nitrogens with one attached hydrogen (secondary N) is 1. The third-order valence-electron chi connectivity index (χ3n) is 3.37. The maximum atomic E-state index is 12.3. The van der Waals surface area contributed by atoms with Crippen LogP contribution in [-0.2, 0) is 4.74 Å². The van der Waals surface area contributed by atoms with Crippen molar-refractivity contribution in [1.82, 2.24) is 0 Å². The average molecular weight is 343 g/mol. The molecule has 0 fully saturated rings. The lowest BCUT2D eigenvalue weighted by molar-refractivity contribution is 0.0600. The molecular weight excluding hydrogens is 322 g/mol. The molecule has 2 rings (SSSR count). The normalized spacial score (nSPS) is 10.4. The van der Waals surface area contributed by atoms with Crippen LogP contribution in [0.2, 0.25) is 0 Å². The molecule has 2 N–H and O–H groups in total. The smallest absolute Gasteiger partial charge is 0.337 e. The topological polar surface area (TPSA) is 84.9 Å². The molecule has 0 bridgehead atoms. The largest absolute Gasteiger partial charge is 0.506 e. The molecular formula is C19H21NO5. The number of carbonyl (C=O) groups is 2. The standard InChI is InChI=1S/C19H21NO5/c1-12(2)11-25-15-7-4-13(5-8-15)18(22)20-16-9-6-14(10-17(16)21)19(23)24-3/h4-10,12,21H,11H2,1-3H3,(H,20,22). The summed E-state index contributed by atoms with van der Waals surface area (Å²) in [6, 6.07) is 10.9. The molecule has 0 unspecified atom stereocenters. The fourth-order valence-corrected chi connectivity index (χ4v) is 2.04. The molecule has 0 aliphatic rings. The second kappa shape index (κ2) is 8.19. The highest BCUT2D eigenvalue weighted by Gasteiger charge is 2.12. The van der Waals surface area contributed by atoms with Gasteiger partial charge in [0, 0.05) is 5.56 Å². The third-order valence-corrected chi connectivity index (χ3v) is 3.37. The lowest BCUT2D eigenvalue weighted by Crippen LogP contribution is -2.12. The molecule has 0 spiro atoms. The first kappa shape index (κ1) is 18.3. The number of rotatable bonds is 6. The molecule has 25 heavy (non-hydrogen) atoms. The van der Waals surface area contributed by atoms with E-state index in [4.69, 9.17) is 4.74 Å². The number of amides is 1. The molecule has 1 amide bonds. The Morgan fingerprint density at radius 3 is 2.28 bits per heavy atom. The van der Waals surface area contributed by atoms with Crippen LogP contribution < -0.4 is 10.1 Å². The molecule has 0 radical (unpaired) electrons. The number of carbonyl (C=O) groups excluding carboxylic acids is 2. The minimum absolute atomic E-state index is 0.199. The maximum absolute atomic E-state index is 12.3. The fourth-order valence-electron chi connectivity index (χ4n) is 2.04. The second-order valence-corrected chi connectivity index (χ2v) is 5.91. The molecule has 0 aliphatic carbocycles. The van der Waals surface area contributed by atoms with Crippen molar-refractivity contribution in [2.45, 2.75) is 13.8 Å². The molecule has 6 heteroatoms. The van der Waals surface area contributed by atoms with Gasteiger partial charge in [0.25, 0.3) is 5.91 Å².